The standard InChI is InChI=1S/C26H24ClF2N3O4/c1-14(2)32-12-18(11-30-32)17-6-4-16(5-7-17)10-19-15(3)23-21(35-13-22(33)34)9-8-20(27)24(23)31-25(19)36-26(28)29/h4-9,11-12,14,26H,10,13H2,1-3H3,(H,33,34). The monoisotopic (exact) mass is 515 g/mol. The zero-order valence-corrected chi connectivity index (χ0v) is 20.6. The number of pyridine rings is 1. The molecule has 7 nitrogen and oxygen atoms in total. The van der Waals surface area contributed by atoms with Crippen LogP contribution in [0.1, 0.15) is 36.6 Å². The van der Waals surface area contributed by atoms with Crippen molar-refractivity contribution in [3.05, 3.63) is 70.5 Å². The van der Waals surface area contributed by atoms with Crippen LogP contribution in [0.5, 0.6) is 11.6 Å². The fourth-order valence-electron chi connectivity index (χ4n) is 3.94. The Hall–Kier alpha value is -3.72. The van der Waals surface area contributed by atoms with Crippen molar-refractivity contribution < 1.29 is 28.2 Å². The molecule has 36 heavy (non-hydrogen) atoms. The van der Waals surface area contributed by atoms with Crippen molar-refractivity contribution in [2.45, 2.75) is 39.8 Å². The number of aliphatic carboxylic acids is 1. The maximum atomic E-state index is 13.3. The summed E-state index contributed by atoms with van der Waals surface area (Å²) in [6, 6.07) is 10.9. The van der Waals surface area contributed by atoms with Crippen LogP contribution >= 0.6 is 11.6 Å². The van der Waals surface area contributed by atoms with E-state index in [0.29, 0.717) is 16.5 Å². The Balaban J connectivity index is 1.75. The van der Waals surface area contributed by atoms with Crippen LogP contribution in [0.3, 0.4) is 0 Å². The van der Waals surface area contributed by atoms with Gasteiger partial charge in [0.15, 0.2) is 6.61 Å². The zero-order valence-electron chi connectivity index (χ0n) is 19.8. The van der Waals surface area contributed by atoms with E-state index in [4.69, 9.17) is 26.2 Å². The number of aromatic nitrogens is 3. The molecule has 0 bridgehead atoms. The quantitative estimate of drug-likeness (QED) is 0.281. The first-order chi connectivity index (χ1) is 17.1. The van der Waals surface area contributed by atoms with Crippen molar-refractivity contribution in [2.75, 3.05) is 6.61 Å². The third-order valence-electron chi connectivity index (χ3n) is 5.74. The molecule has 4 aromatic rings. The van der Waals surface area contributed by atoms with E-state index in [1.54, 1.807) is 13.1 Å². The summed E-state index contributed by atoms with van der Waals surface area (Å²) in [6.45, 7) is 2.15. The Bertz CT molecular complexity index is 1400. The molecule has 0 unspecified atom stereocenters. The zero-order chi connectivity index (χ0) is 26.0. The number of aryl methyl sites for hydroxylation is 1. The molecule has 0 radical (unpaired) electrons. The highest BCUT2D eigenvalue weighted by atomic mass is 35.5. The highest BCUT2D eigenvalue weighted by Crippen LogP contribution is 2.38. The van der Waals surface area contributed by atoms with E-state index < -0.39 is 19.2 Å². The molecule has 1 N–H and O–H groups in total. The summed E-state index contributed by atoms with van der Waals surface area (Å²) >= 11 is 6.30. The number of carbonyl (C=O) groups is 1. The summed E-state index contributed by atoms with van der Waals surface area (Å²) in [7, 11) is 0. The van der Waals surface area contributed by atoms with Crippen molar-refractivity contribution in [1.82, 2.24) is 14.8 Å². The number of fused-ring (bicyclic) bond motifs is 1. The maximum Gasteiger partial charge on any atom is 0.388 e. The number of hydrogen-bond donors (Lipinski definition) is 1. The average molecular weight is 516 g/mol. The number of halogens is 3. The number of ether oxygens (including phenoxy) is 2. The van der Waals surface area contributed by atoms with Gasteiger partial charge in [-0.25, -0.2) is 9.78 Å². The van der Waals surface area contributed by atoms with Gasteiger partial charge < -0.3 is 14.6 Å². The normalized spacial score (nSPS) is 11.4. The minimum atomic E-state index is -3.09. The van der Waals surface area contributed by atoms with Gasteiger partial charge in [-0.05, 0) is 49.6 Å². The lowest BCUT2D eigenvalue weighted by molar-refractivity contribution is -0.139. The Labute approximate surface area is 211 Å². The predicted molar refractivity (Wildman–Crippen MR) is 132 cm³/mol. The van der Waals surface area contributed by atoms with E-state index in [0.717, 1.165) is 16.7 Å². The fourth-order valence-corrected chi connectivity index (χ4v) is 4.14. The first kappa shape index (κ1) is 25.4. The molecular formula is C26H24ClF2N3O4. The highest BCUT2D eigenvalue weighted by Gasteiger charge is 2.21. The first-order valence-corrected chi connectivity index (χ1v) is 11.6. The van der Waals surface area contributed by atoms with Crippen molar-refractivity contribution in [3.8, 4) is 22.8 Å². The molecule has 0 fully saturated rings. The summed E-state index contributed by atoms with van der Waals surface area (Å²) < 4.78 is 38.6. The minimum absolute atomic E-state index is 0.189. The lowest BCUT2D eigenvalue weighted by atomic mass is 9.96. The second kappa shape index (κ2) is 10.5. The Morgan fingerprint density at radius 2 is 1.86 bits per heavy atom. The topological polar surface area (TPSA) is 86.5 Å². The lowest BCUT2D eigenvalue weighted by Gasteiger charge is -2.18. The summed E-state index contributed by atoms with van der Waals surface area (Å²) in [5.74, 6) is -1.15. The van der Waals surface area contributed by atoms with Crippen LogP contribution in [-0.2, 0) is 11.2 Å². The lowest BCUT2D eigenvalue weighted by Crippen LogP contribution is -2.11. The van der Waals surface area contributed by atoms with Gasteiger partial charge in [-0.2, -0.15) is 13.9 Å². The van der Waals surface area contributed by atoms with Gasteiger partial charge in [0.2, 0.25) is 5.88 Å². The van der Waals surface area contributed by atoms with Crippen LogP contribution in [0.2, 0.25) is 5.02 Å². The van der Waals surface area contributed by atoms with Crippen LogP contribution in [0.15, 0.2) is 48.8 Å². The molecule has 4 rings (SSSR count). The fraction of sp³-hybridized carbons (Fsp3) is 0.269. The maximum absolute atomic E-state index is 13.3. The number of carboxylic acids is 1. The van der Waals surface area contributed by atoms with E-state index in [1.165, 1.54) is 12.1 Å². The van der Waals surface area contributed by atoms with E-state index >= 15 is 0 Å². The van der Waals surface area contributed by atoms with Gasteiger partial charge in [0, 0.05) is 35.2 Å². The van der Waals surface area contributed by atoms with E-state index in [1.807, 2.05) is 49.0 Å². The molecule has 188 valence electrons. The first-order valence-electron chi connectivity index (χ1n) is 11.2. The van der Waals surface area contributed by atoms with Gasteiger partial charge in [-0.15, -0.1) is 0 Å². The molecule has 2 aromatic carbocycles. The SMILES string of the molecule is Cc1c(Cc2ccc(-c3cnn(C(C)C)c3)cc2)c(OC(F)F)nc2c(Cl)ccc(OCC(=O)O)c12. The highest BCUT2D eigenvalue weighted by molar-refractivity contribution is 6.35. The van der Waals surface area contributed by atoms with Crippen LogP contribution in [0.25, 0.3) is 22.0 Å². The molecule has 0 amide bonds. The molecular weight excluding hydrogens is 492 g/mol. The second-order valence-electron chi connectivity index (χ2n) is 8.53. The molecule has 10 heteroatoms. The number of nitrogens with zero attached hydrogens (tertiary/aromatic N) is 3. The van der Waals surface area contributed by atoms with Crippen LogP contribution in [0.4, 0.5) is 8.78 Å². The number of carboxylic acid groups (broad SMARTS) is 1. The smallest absolute Gasteiger partial charge is 0.388 e. The van der Waals surface area contributed by atoms with Gasteiger partial charge in [-0.1, -0.05) is 35.9 Å². The summed E-state index contributed by atoms with van der Waals surface area (Å²) in [4.78, 5) is 15.3. The van der Waals surface area contributed by atoms with Crippen LogP contribution < -0.4 is 9.47 Å². The van der Waals surface area contributed by atoms with Gasteiger partial charge in [0.25, 0.3) is 0 Å². The van der Waals surface area contributed by atoms with E-state index in [2.05, 4.69) is 10.1 Å². The molecule has 2 aromatic heterocycles. The van der Waals surface area contributed by atoms with Crippen molar-refractivity contribution >= 4 is 28.5 Å². The molecule has 2 heterocycles. The van der Waals surface area contributed by atoms with Crippen LogP contribution in [-0.4, -0.2) is 39.1 Å². The minimum Gasteiger partial charge on any atom is -0.481 e. The van der Waals surface area contributed by atoms with Crippen molar-refractivity contribution in [3.63, 3.8) is 0 Å². The summed E-state index contributed by atoms with van der Waals surface area (Å²) in [5, 5.41) is 14.0. The predicted octanol–water partition coefficient (Wildman–Crippen LogP) is 6.30. The Morgan fingerprint density at radius 3 is 2.47 bits per heavy atom. The third kappa shape index (κ3) is 5.41. The number of alkyl halides is 2. The number of hydrogen-bond acceptors (Lipinski definition) is 5. The Morgan fingerprint density at radius 1 is 1.14 bits per heavy atom. The summed E-state index contributed by atoms with van der Waals surface area (Å²) in [6.07, 6.45) is 4.00. The van der Waals surface area contributed by atoms with Crippen molar-refractivity contribution in [2.24, 2.45) is 0 Å². The van der Waals surface area contributed by atoms with Gasteiger partial charge in [-0.3, -0.25) is 4.68 Å². The average Bonchev–Trinajstić information content (AvgIpc) is 3.32. The molecule has 0 saturated heterocycles. The molecule has 0 aliphatic carbocycles. The second-order valence-corrected chi connectivity index (χ2v) is 8.93. The van der Waals surface area contributed by atoms with Gasteiger partial charge >= 0.3 is 12.6 Å². The van der Waals surface area contributed by atoms with E-state index in [9.17, 15) is 13.6 Å². The van der Waals surface area contributed by atoms with Gasteiger partial charge in [0.1, 0.15) is 5.75 Å². The molecule has 0 spiro atoms. The summed E-state index contributed by atoms with van der Waals surface area (Å²) in [5.41, 5.74) is 3.95. The largest absolute Gasteiger partial charge is 0.481 e. The molecule has 0 atom stereocenters. The Kier molecular flexibility index (Phi) is 7.40. The van der Waals surface area contributed by atoms with Gasteiger partial charge in [0.05, 0.1) is 16.7 Å². The van der Waals surface area contributed by atoms with Crippen molar-refractivity contribution in [1.29, 1.82) is 0 Å². The molecule has 0 aliphatic rings. The molecule has 0 saturated carbocycles. The number of benzene rings is 2. The number of rotatable bonds is 9. The van der Waals surface area contributed by atoms with Crippen LogP contribution in [0, 0.1) is 6.92 Å². The third-order valence-corrected chi connectivity index (χ3v) is 6.05. The van der Waals surface area contributed by atoms with E-state index in [-0.39, 0.29) is 34.6 Å². The molecule has 0 aliphatic heterocycles.